The topological polar surface area (TPSA) is 149 Å². The number of carbonyl (C=O) groups excluding carboxylic acids is 1. The number of unbranched alkanes of at least 4 members (excludes halogenated alkanes) is 44. The third-order valence-corrected chi connectivity index (χ3v) is 15.5. The highest BCUT2D eigenvalue weighted by Crippen LogP contribution is 2.23. The second kappa shape index (κ2) is 54.0. The van der Waals surface area contributed by atoms with Crippen molar-refractivity contribution < 1.29 is 39.8 Å². The first-order valence-corrected chi connectivity index (χ1v) is 32.1. The Morgan fingerprint density at radius 1 is 0.452 bits per heavy atom. The van der Waals surface area contributed by atoms with E-state index < -0.39 is 49.5 Å². The van der Waals surface area contributed by atoms with Gasteiger partial charge in [0.05, 0.1) is 25.4 Å². The second-order valence-electron chi connectivity index (χ2n) is 22.6. The van der Waals surface area contributed by atoms with Gasteiger partial charge in [-0.3, -0.25) is 4.79 Å². The molecule has 0 aromatic carbocycles. The summed E-state index contributed by atoms with van der Waals surface area (Å²) in [6.45, 7) is 3.83. The fourth-order valence-electron chi connectivity index (χ4n) is 10.4. The lowest BCUT2D eigenvalue weighted by Crippen LogP contribution is -2.60. The van der Waals surface area contributed by atoms with Crippen LogP contribution in [0.25, 0.3) is 0 Å². The molecule has 1 fully saturated rings. The molecule has 73 heavy (non-hydrogen) atoms. The van der Waals surface area contributed by atoms with E-state index in [4.69, 9.17) is 9.47 Å². The highest BCUT2D eigenvalue weighted by Gasteiger charge is 2.44. The van der Waals surface area contributed by atoms with Crippen LogP contribution < -0.4 is 5.32 Å². The number of allylic oxidation sites excluding steroid dienone is 3. The van der Waals surface area contributed by atoms with Crippen LogP contribution in [0.2, 0.25) is 0 Å². The van der Waals surface area contributed by atoms with Gasteiger partial charge in [-0.1, -0.05) is 295 Å². The van der Waals surface area contributed by atoms with Gasteiger partial charge in [0, 0.05) is 6.42 Å². The van der Waals surface area contributed by atoms with Crippen LogP contribution in [-0.4, -0.2) is 87.5 Å². The van der Waals surface area contributed by atoms with E-state index in [1.54, 1.807) is 6.08 Å². The predicted molar refractivity (Wildman–Crippen MR) is 309 cm³/mol. The van der Waals surface area contributed by atoms with Crippen molar-refractivity contribution in [3.63, 3.8) is 0 Å². The van der Waals surface area contributed by atoms with Gasteiger partial charge >= 0.3 is 0 Å². The summed E-state index contributed by atoms with van der Waals surface area (Å²) in [6.07, 6.45) is 62.6. The highest BCUT2D eigenvalue weighted by molar-refractivity contribution is 5.76. The van der Waals surface area contributed by atoms with Gasteiger partial charge in [-0.15, -0.1) is 0 Å². The molecule has 0 radical (unpaired) electrons. The SMILES string of the molecule is CCCCCCCCCC/C=C\CCCCCCCCCCCCCCCCCCCC(=O)NC(COC1OC(CO)C(O)C(O)C1O)C(O)/C=C/CCCCCCCCCCCCCCCCCCCCC. The minimum absolute atomic E-state index is 0.170. The van der Waals surface area contributed by atoms with E-state index in [1.165, 1.54) is 263 Å². The van der Waals surface area contributed by atoms with Gasteiger partial charge < -0.3 is 40.3 Å². The van der Waals surface area contributed by atoms with E-state index in [-0.39, 0.29) is 12.5 Å². The van der Waals surface area contributed by atoms with Gasteiger partial charge in [0.2, 0.25) is 5.91 Å². The number of nitrogens with one attached hydrogen (secondary N) is 1. The quantitative estimate of drug-likeness (QED) is 0.0261. The van der Waals surface area contributed by atoms with Gasteiger partial charge in [0.25, 0.3) is 0 Å². The first kappa shape index (κ1) is 69.7. The van der Waals surface area contributed by atoms with Crippen molar-refractivity contribution in [3.8, 4) is 0 Å². The molecule has 0 aromatic rings. The lowest BCUT2D eigenvalue weighted by atomic mass is 9.99. The van der Waals surface area contributed by atoms with Crippen molar-refractivity contribution in [2.45, 2.75) is 365 Å². The highest BCUT2D eigenvalue weighted by atomic mass is 16.7. The van der Waals surface area contributed by atoms with Crippen molar-refractivity contribution in [1.29, 1.82) is 0 Å². The molecular formula is C64H123NO8. The Balaban J connectivity index is 2.15. The zero-order valence-electron chi connectivity index (χ0n) is 48.2. The third kappa shape index (κ3) is 43.4. The van der Waals surface area contributed by atoms with Crippen LogP contribution in [0.1, 0.15) is 322 Å². The van der Waals surface area contributed by atoms with E-state index in [0.29, 0.717) is 6.42 Å². The number of aliphatic hydroxyl groups excluding tert-OH is 5. The average molecular weight is 1030 g/mol. The monoisotopic (exact) mass is 1030 g/mol. The normalized spacial score (nSPS) is 19.1. The van der Waals surface area contributed by atoms with Crippen LogP contribution in [0.3, 0.4) is 0 Å². The number of carbonyl (C=O) groups is 1. The Morgan fingerprint density at radius 3 is 1.11 bits per heavy atom. The molecule has 6 N–H and O–H groups in total. The molecule has 1 saturated heterocycles. The summed E-state index contributed by atoms with van der Waals surface area (Å²) < 4.78 is 11.3. The van der Waals surface area contributed by atoms with E-state index in [0.717, 1.165) is 38.5 Å². The Bertz CT molecular complexity index is 1200. The Labute approximate surface area is 451 Å². The maximum atomic E-state index is 13.1. The maximum Gasteiger partial charge on any atom is 0.220 e. The van der Waals surface area contributed by atoms with Crippen LogP contribution in [0.5, 0.6) is 0 Å². The van der Waals surface area contributed by atoms with Crippen LogP contribution in [-0.2, 0) is 14.3 Å². The van der Waals surface area contributed by atoms with Crippen LogP contribution in [0, 0.1) is 0 Å². The van der Waals surface area contributed by atoms with Gasteiger partial charge in [-0.25, -0.2) is 0 Å². The molecule has 7 unspecified atom stereocenters. The van der Waals surface area contributed by atoms with Crippen molar-refractivity contribution >= 4 is 5.91 Å². The number of ether oxygens (including phenoxy) is 2. The number of aliphatic hydroxyl groups is 5. The summed E-state index contributed by atoms with van der Waals surface area (Å²) >= 11 is 0. The fraction of sp³-hybridized carbons (Fsp3) is 0.922. The lowest BCUT2D eigenvalue weighted by molar-refractivity contribution is -0.302. The number of rotatable bonds is 56. The Kier molecular flexibility index (Phi) is 51.6. The van der Waals surface area contributed by atoms with Gasteiger partial charge in [-0.05, 0) is 44.9 Å². The minimum Gasteiger partial charge on any atom is -0.394 e. The summed E-state index contributed by atoms with van der Waals surface area (Å²) in [6, 6.07) is -0.803. The van der Waals surface area contributed by atoms with Crippen molar-refractivity contribution in [1.82, 2.24) is 5.32 Å². The minimum atomic E-state index is -1.57. The molecule has 1 rings (SSSR count). The van der Waals surface area contributed by atoms with Crippen LogP contribution >= 0.6 is 0 Å². The van der Waals surface area contributed by atoms with Crippen molar-refractivity contribution in [2.75, 3.05) is 13.2 Å². The molecule has 0 aromatic heterocycles. The summed E-state index contributed by atoms with van der Waals surface area (Å²) in [7, 11) is 0. The Hall–Kier alpha value is -1.33. The molecule has 0 spiro atoms. The summed E-state index contributed by atoms with van der Waals surface area (Å²) in [5.74, 6) is -0.170. The molecule has 7 atom stereocenters. The van der Waals surface area contributed by atoms with Crippen LogP contribution in [0.4, 0.5) is 0 Å². The average Bonchev–Trinajstić information content (AvgIpc) is 3.39. The second-order valence-corrected chi connectivity index (χ2v) is 22.6. The van der Waals surface area contributed by atoms with E-state index in [2.05, 4.69) is 31.3 Å². The standard InChI is InChI=1S/C64H123NO8/c1-3-5-7-9-11-13-15-17-19-21-23-25-26-27-28-29-30-31-32-34-36-38-40-42-44-46-48-50-52-54-60(68)65-57(56-72-64-63(71)62(70)61(69)59(55-66)73-64)58(67)53-51-49-47-45-43-41-39-37-35-33-24-22-20-18-16-14-12-10-8-6-4-2/h21,23,51,53,57-59,61-64,66-67,69-71H,3-20,22,24-50,52,54-56H2,1-2H3,(H,65,68)/b23-21-,53-51+. The maximum absolute atomic E-state index is 13.1. The predicted octanol–water partition coefficient (Wildman–Crippen LogP) is 16.5. The van der Waals surface area contributed by atoms with Crippen molar-refractivity contribution in [3.05, 3.63) is 24.3 Å². The largest absolute Gasteiger partial charge is 0.394 e. The molecule has 432 valence electrons. The molecule has 9 heteroatoms. The third-order valence-electron chi connectivity index (χ3n) is 15.5. The molecule has 1 aliphatic rings. The van der Waals surface area contributed by atoms with E-state index in [1.807, 2.05) is 6.08 Å². The number of amides is 1. The lowest BCUT2D eigenvalue weighted by Gasteiger charge is -2.40. The summed E-state index contributed by atoms with van der Waals surface area (Å²) in [5.41, 5.74) is 0. The van der Waals surface area contributed by atoms with E-state index >= 15 is 0 Å². The molecular weight excluding hydrogens is 911 g/mol. The molecule has 0 saturated carbocycles. The molecule has 1 aliphatic heterocycles. The van der Waals surface area contributed by atoms with Gasteiger partial charge in [-0.2, -0.15) is 0 Å². The van der Waals surface area contributed by atoms with E-state index in [9.17, 15) is 30.3 Å². The molecule has 0 aliphatic carbocycles. The molecule has 0 bridgehead atoms. The zero-order chi connectivity index (χ0) is 52.9. The fourth-order valence-corrected chi connectivity index (χ4v) is 10.4. The first-order chi connectivity index (χ1) is 35.8. The summed E-state index contributed by atoms with van der Waals surface area (Å²) in [4.78, 5) is 13.1. The summed E-state index contributed by atoms with van der Waals surface area (Å²) in [5, 5.41) is 54.6. The number of hydrogen-bond donors (Lipinski definition) is 6. The van der Waals surface area contributed by atoms with Gasteiger partial charge in [0.1, 0.15) is 24.4 Å². The molecule has 9 nitrogen and oxygen atoms in total. The van der Waals surface area contributed by atoms with Crippen LogP contribution in [0.15, 0.2) is 24.3 Å². The van der Waals surface area contributed by atoms with Crippen molar-refractivity contribution in [2.24, 2.45) is 0 Å². The van der Waals surface area contributed by atoms with Gasteiger partial charge in [0.15, 0.2) is 6.29 Å². The molecule has 1 amide bonds. The first-order valence-electron chi connectivity index (χ1n) is 32.1. The molecule has 1 heterocycles. The number of hydrogen-bond acceptors (Lipinski definition) is 8. The smallest absolute Gasteiger partial charge is 0.220 e. The Morgan fingerprint density at radius 2 is 0.767 bits per heavy atom. The zero-order valence-corrected chi connectivity index (χ0v) is 48.2.